The van der Waals surface area contributed by atoms with Crippen molar-refractivity contribution in [3.05, 3.63) is 0 Å². The Labute approximate surface area is 113 Å². The van der Waals surface area contributed by atoms with Crippen LogP contribution in [0, 0.1) is 5.41 Å². The van der Waals surface area contributed by atoms with E-state index in [1.54, 1.807) is 0 Å². The highest BCUT2D eigenvalue weighted by molar-refractivity contribution is 5.02. The Balaban J connectivity index is 2.11. The molecule has 0 bridgehead atoms. The average Bonchev–Trinajstić information content (AvgIpc) is 2.24. The number of rotatable bonds is 7. The van der Waals surface area contributed by atoms with Crippen molar-refractivity contribution in [2.45, 2.75) is 72.1 Å². The smallest absolute Gasteiger partial charge is 0.0655 e. The van der Waals surface area contributed by atoms with Gasteiger partial charge in [-0.3, -0.25) is 0 Å². The fourth-order valence-corrected chi connectivity index (χ4v) is 2.54. The summed E-state index contributed by atoms with van der Waals surface area (Å²) in [7, 11) is 0. The van der Waals surface area contributed by atoms with Crippen molar-refractivity contribution < 1.29 is 4.74 Å². The molecule has 1 saturated carbocycles. The minimum Gasteiger partial charge on any atom is -0.378 e. The number of nitrogens with one attached hydrogen (secondary N) is 2. The van der Waals surface area contributed by atoms with Gasteiger partial charge in [0, 0.05) is 23.6 Å². The van der Waals surface area contributed by atoms with Gasteiger partial charge in [-0.15, -0.1) is 0 Å². The summed E-state index contributed by atoms with van der Waals surface area (Å²) in [6.07, 6.45) is 2.78. The third kappa shape index (κ3) is 4.52. The maximum atomic E-state index is 5.74. The quantitative estimate of drug-likeness (QED) is 0.687. The standard InChI is InChI=1S/C15H32N2O/c1-7-18-13-11-12(15(13,5)6)16-9-8-10-17-14(2,3)4/h12-13,16-17H,7-11H2,1-6H3. The van der Waals surface area contributed by atoms with Crippen molar-refractivity contribution in [3.8, 4) is 0 Å². The molecule has 1 aliphatic rings. The van der Waals surface area contributed by atoms with E-state index in [1.165, 1.54) is 6.42 Å². The minimum absolute atomic E-state index is 0.232. The molecule has 0 saturated heterocycles. The molecule has 0 amide bonds. The Morgan fingerprint density at radius 3 is 2.39 bits per heavy atom. The van der Waals surface area contributed by atoms with Crippen LogP contribution in [0.5, 0.6) is 0 Å². The predicted octanol–water partition coefficient (Wildman–Crippen LogP) is 2.56. The monoisotopic (exact) mass is 256 g/mol. The molecule has 1 fully saturated rings. The zero-order valence-electron chi connectivity index (χ0n) is 13.1. The van der Waals surface area contributed by atoms with Crippen LogP contribution >= 0.6 is 0 Å². The zero-order valence-corrected chi connectivity index (χ0v) is 13.1. The highest BCUT2D eigenvalue weighted by atomic mass is 16.5. The predicted molar refractivity (Wildman–Crippen MR) is 78.0 cm³/mol. The number of hydrogen-bond acceptors (Lipinski definition) is 3. The van der Waals surface area contributed by atoms with Crippen molar-refractivity contribution in [2.24, 2.45) is 5.41 Å². The van der Waals surface area contributed by atoms with E-state index in [0.29, 0.717) is 12.1 Å². The molecule has 2 unspecified atom stereocenters. The highest BCUT2D eigenvalue weighted by Crippen LogP contribution is 2.42. The third-order valence-electron chi connectivity index (χ3n) is 3.95. The van der Waals surface area contributed by atoms with Crippen LogP contribution in [0.4, 0.5) is 0 Å². The lowest BCUT2D eigenvalue weighted by molar-refractivity contribution is -0.113. The normalized spacial score (nSPS) is 27.0. The molecule has 18 heavy (non-hydrogen) atoms. The summed E-state index contributed by atoms with van der Waals surface area (Å²) in [6.45, 7) is 16.3. The fraction of sp³-hybridized carbons (Fsp3) is 1.00. The van der Waals surface area contributed by atoms with Crippen molar-refractivity contribution in [1.29, 1.82) is 0 Å². The Morgan fingerprint density at radius 1 is 1.22 bits per heavy atom. The van der Waals surface area contributed by atoms with Crippen LogP contribution in [0.3, 0.4) is 0 Å². The van der Waals surface area contributed by atoms with E-state index in [1.807, 2.05) is 0 Å². The Morgan fingerprint density at radius 2 is 1.89 bits per heavy atom. The molecule has 2 atom stereocenters. The van der Waals surface area contributed by atoms with Gasteiger partial charge in [0.2, 0.25) is 0 Å². The Bertz CT molecular complexity index is 245. The summed E-state index contributed by atoms with van der Waals surface area (Å²) >= 11 is 0. The van der Waals surface area contributed by atoms with Gasteiger partial charge in [0.25, 0.3) is 0 Å². The lowest BCUT2D eigenvalue weighted by atomic mass is 9.64. The van der Waals surface area contributed by atoms with Crippen LogP contribution in [-0.4, -0.2) is 37.4 Å². The molecule has 0 aromatic heterocycles. The topological polar surface area (TPSA) is 33.3 Å². The molecular weight excluding hydrogens is 224 g/mol. The lowest BCUT2D eigenvalue weighted by Crippen LogP contribution is -2.61. The van der Waals surface area contributed by atoms with Gasteiger partial charge in [0.05, 0.1) is 6.10 Å². The van der Waals surface area contributed by atoms with Crippen molar-refractivity contribution in [2.75, 3.05) is 19.7 Å². The van der Waals surface area contributed by atoms with E-state index in [4.69, 9.17) is 4.74 Å². The molecule has 0 aromatic rings. The first-order valence-corrected chi connectivity index (χ1v) is 7.37. The lowest BCUT2D eigenvalue weighted by Gasteiger charge is -2.52. The van der Waals surface area contributed by atoms with Crippen LogP contribution in [0.25, 0.3) is 0 Å². The Hall–Kier alpha value is -0.120. The number of hydrogen-bond donors (Lipinski definition) is 2. The first kappa shape index (κ1) is 15.9. The molecule has 0 spiro atoms. The molecule has 0 heterocycles. The second-order valence-corrected chi connectivity index (χ2v) is 7.04. The fourth-order valence-electron chi connectivity index (χ4n) is 2.54. The van der Waals surface area contributed by atoms with Gasteiger partial charge in [0.1, 0.15) is 0 Å². The van der Waals surface area contributed by atoms with Crippen LogP contribution in [0.1, 0.15) is 54.4 Å². The molecule has 0 radical (unpaired) electrons. The molecule has 108 valence electrons. The van der Waals surface area contributed by atoms with Gasteiger partial charge in [-0.2, -0.15) is 0 Å². The summed E-state index contributed by atoms with van der Waals surface area (Å²) in [4.78, 5) is 0. The van der Waals surface area contributed by atoms with Gasteiger partial charge < -0.3 is 15.4 Å². The minimum atomic E-state index is 0.232. The second kappa shape index (κ2) is 6.36. The van der Waals surface area contributed by atoms with Gasteiger partial charge in [-0.1, -0.05) is 13.8 Å². The number of ether oxygens (including phenoxy) is 1. The van der Waals surface area contributed by atoms with Crippen LogP contribution in [0.2, 0.25) is 0 Å². The maximum Gasteiger partial charge on any atom is 0.0655 e. The maximum absolute atomic E-state index is 5.74. The molecule has 0 aromatic carbocycles. The first-order valence-electron chi connectivity index (χ1n) is 7.37. The van der Waals surface area contributed by atoms with Crippen molar-refractivity contribution >= 4 is 0 Å². The Kier molecular flexibility index (Phi) is 5.63. The van der Waals surface area contributed by atoms with Gasteiger partial charge >= 0.3 is 0 Å². The van der Waals surface area contributed by atoms with E-state index in [9.17, 15) is 0 Å². The van der Waals surface area contributed by atoms with Crippen molar-refractivity contribution in [3.63, 3.8) is 0 Å². The zero-order chi connectivity index (χ0) is 13.8. The van der Waals surface area contributed by atoms with Gasteiger partial charge in [-0.25, -0.2) is 0 Å². The van der Waals surface area contributed by atoms with E-state index < -0.39 is 0 Å². The van der Waals surface area contributed by atoms with Crippen molar-refractivity contribution in [1.82, 2.24) is 10.6 Å². The summed E-state index contributed by atoms with van der Waals surface area (Å²) in [6, 6.07) is 0.615. The largest absolute Gasteiger partial charge is 0.378 e. The summed E-state index contributed by atoms with van der Waals surface area (Å²) < 4.78 is 5.74. The second-order valence-electron chi connectivity index (χ2n) is 7.04. The van der Waals surface area contributed by atoms with Gasteiger partial charge in [-0.05, 0) is 53.6 Å². The highest BCUT2D eigenvalue weighted by Gasteiger charge is 2.48. The average molecular weight is 256 g/mol. The van der Waals surface area contributed by atoms with E-state index in [-0.39, 0.29) is 11.0 Å². The van der Waals surface area contributed by atoms with E-state index >= 15 is 0 Å². The molecule has 3 nitrogen and oxygen atoms in total. The molecule has 2 N–H and O–H groups in total. The van der Waals surface area contributed by atoms with Crippen LogP contribution < -0.4 is 10.6 Å². The summed E-state index contributed by atoms with van der Waals surface area (Å²) in [5.74, 6) is 0. The van der Waals surface area contributed by atoms with Gasteiger partial charge in [0.15, 0.2) is 0 Å². The van der Waals surface area contributed by atoms with E-state index in [2.05, 4.69) is 52.2 Å². The molecule has 1 aliphatic carbocycles. The summed E-state index contributed by atoms with van der Waals surface area (Å²) in [5.41, 5.74) is 0.517. The molecular formula is C15H32N2O. The SMILES string of the molecule is CCOC1CC(NCCCNC(C)(C)C)C1(C)C. The molecule has 0 aliphatic heterocycles. The van der Waals surface area contributed by atoms with Crippen LogP contribution in [0.15, 0.2) is 0 Å². The van der Waals surface area contributed by atoms with E-state index in [0.717, 1.165) is 26.1 Å². The van der Waals surface area contributed by atoms with Crippen LogP contribution in [-0.2, 0) is 4.74 Å². The summed E-state index contributed by atoms with van der Waals surface area (Å²) in [5, 5.41) is 7.18. The third-order valence-corrected chi connectivity index (χ3v) is 3.95. The first-order chi connectivity index (χ1) is 8.27. The molecule has 3 heteroatoms. The molecule has 1 rings (SSSR count).